The van der Waals surface area contributed by atoms with E-state index in [1.54, 1.807) is 0 Å². The minimum Gasteiger partial charge on any atom is -0.312 e. The van der Waals surface area contributed by atoms with Crippen LogP contribution < -0.4 is 5.32 Å². The lowest BCUT2D eigenvalue weighted by atomic mass is 9.75. The Bertz CT molecular complexity index is 357. The molecule has 1 fully saturated rings. The van der Waals surface area contributed by atoms with Crippen LogP contribution in [0.3, 0.4) is 0 Å². The molecule has 1 N–H and O–H groups in total. The van der Waals surface area contributed by atoms with Crippen LogP contribution in [0.2, 0.25) is 0 Å². The SMILES string of the molecule is Fc1ccc(CNCC2(CCl)CCCCC2)cc1. The van der Waals surface area contributed by atoms with Crippen LogP contribution in [0.15, 0.2) is 24.3 Å². The molecule has 1 aliphatic carbocycles. The van der Waals surface area contributed by atoms with Crippen molar-refractivity contribution >= 4 is 11.6 Å². The predicted molar refractivity (Wildman–Crippen MR) is 74.3 cm³/mol. The van der Waals surface area contributed by atoms with E-state index in [0.29, 0.717) is 0 Å². The van der Waals surface area contributed by atoms with Crippen LogP contribution in [0.4, 0.5) is 4.39 Å². The molecule has 0 spiro atoms. The third kappa shape index (κ3) is 3.69. The molecule has 0 atom stereocenters. The number of benzene rings is 1. The highest BCUT2D eigenvalue weighted by Gasteiger charge is 2.30. The fraction of sp³-hybridized carbons (Fsp3) is 0.600. The van der Waals surface area contributed by atoms with Crippen LogP contribution in [0.5, 0.6) is 0 Å². The maximum Gasteiger partial charge on any atom is 0.123 e. The van der Waals surface area contributed by atoms with E-state index in [-0.39, 0.29) is 11.2 Å². The first-order chi connectivity index (χ1) is 8.74. The molecule has 3 heteroatoms. The Labute approximate surface area is 114 Å². The summed E-state index contributed by atoms with van der Waals surface area (Å²) in [6, 6.07) is 6.68. The number of halogens is 2. The van der Waals surface area contributed by atoms with Crippen molar-refractivity contribution < 1.29 is 4.39 Å². The van der Waals surface area contributed by atoms with E-state index in [9.17, 15) is 4.39 Å². The lowest BCUT2D eigenvalue weighted by molar-refractivity contribution is 0.212. The molecule has 0 unspecified atom stereocenters. The average Bonchev–Trinajstić information content (AvgIpc) is 2.42. The van der Waals surface area contributed by atoms with Gasteiger partial charge < -0.3 is 5.32 Å². The molecule has 0 aromatic heterocycles. The summed E-state index contributed by atoms with van der Waals surface area (Å²) in [4.78, 5) is 0. The van der Waals surface area contributed by atoms with Crippen molar-refractivity contribution in [3.05, 3.63) is 35.6 Å². The second kappa shape index (κ2) is 6.53. The minimum atomic E-state index is -0.178. The highest BCUT2D eigenvalue weighted by atomic mass is 35.5. The van der Waals surface area contributed by atoms with E-state index in [1.807, 2.05) is 12.1 Å². The summed E-state index contributed by atoms with van der Waals surface area (Å²) in [6.07, 6.45) is 6.40. The zero-order chi connectivity index (χ0) is 12.8. The second-order valence-corrected chi connectivity index (χ2v) is 5.69. The molecule has 0 amide bonds. The number of alkyl halides is 1. The van der Waals surface area contributed by atoms with E-state index in [4.69, 9.17) is 11.6 Å². The molecule has 1 aromatic carbocycles. The zero-order valence-corrected chi connectivity index (χ0v) is 11.5. The van der Waals surface area contributed by atoms with Crippen LogP contribution in [0.1, 0.15) is 37.7 Å². The predicted octanol–water partition coefficient (Wildman–Crippen LogP) is 4.10. The number of hydrogen-bond donors (Lipinski definition) is 1. The standard InChI is InChI=1S/C15H21ClFN/c16-11-15(8-2-1-3-9-15)12-18-10-13-4-6-14(17)7-5-13/h4-7,18H,1-3,8-12H2. The topological polar surface area (TPSA) is 12.0 Å². The monoisotopic (exact) mass is 269 g/mol. The first-order valence-electron chi connectivity index (χ1n) is 6.75. The van der Waals surface area contributed by atoms with Gasteiger partial charge in [-0.25, -0.2) is 4.39 Å². The third-order valence-corrected chi connectivity index (χ3v) is 4.51. The van der Waals surface area contributed by atoms with Crippen molar-refractivity contribution in [3.63, 3.8) is 0 Å². The Balaban J connectivity index is 1.81. The maximum absolute atomic E-state index is 12.8. The zero-order valence-electron chi connectivity index (χ0n) is 10.7. The van der Waals surface area contributed by atoms with Gasteiger partial charge in [0.25, 0.3) is 0 Å². The van der Waals surface area contributed by atoms with Crippen molar-refractivity contribution in [2.75, 3.05) is 12.4 Å². The van der Waals surface area contributed by atoms with Gasteiger partial charge in [-0.15, -0.1) is 11.6 Å². The van der Waals surface area contributed by atoms with Gasteiger partial charge in [-0.3, -0.25) is 0 Å². The van der Waals surface area contributed by atoms with Gasteiger partial charge in [0.05, 0.1) is 0 Å². The van der Waals surface area contributed by atoms with E-state index in [1.165, 1.54) is 44.2 Å². The summed E-state index contributed by atoms with van der Waals surface area (Å²) < 4.78 is 12.8. The molecule has 1 saturated carbocycles. The largest absolute Gasteiger partial charge is 0.312 e. The first kappa shape index (κ1) is 13.8. The summed E-state index contributed by atoms with van der Waals surface area (Å²) in [5.74, 6) is 0.562. The number of hydrogen-bond acceptors (Lipinski definition) is 1. The first-order valence-corrected chi connectivity index (χ1v) is 7.29. The Kier molecular flexibility index (Phi) is 5.02. The van der Waals surface area contributed by atoms with E-state index in [0.717, 1.165) is 24.5 Å². The Morgan fingerprint density at radius 2 is 1.78 bits per heavy atom. The molecule has 2 rings (SSSR count). The highest BCUT2D eigenvalue weighted by molar-refractivity contribution is 6.18. The lowest BCUT2D eigenvalue weighted by Gasteiger charge is -2.35. The summed E-state index contributed by atoms with van der Waals surface area (Å²) in [5, 5.41) is 3.48. The molecule has 100 valence electrons. The van der Waals surface area contributed by atoms with Crippen molar-refractivity contribution in [3.8, 4) is 0 Å². The molecule has 0 saturated heterocycles. The molecule has 1 nitrogen and oxygen atoms in total. The third-order valence-electron chi connectivity index (χ3n) is 3.94. The fourth-order valence-electron chi connectivity index (χ4n) is 2.73. The van der Waals surface area contributed by atoms with Gasteiger partial charge in [0.1, 0.15) is 5.82 Å². The average molecular weight is 270 g/mol. The Hall–Kier alpha value is -0.600. The van der Waals surface area contributed by atoms with Crippen molar-refractivity contribution in [2.24, 2.45) is 5.41 Å². The van der Waals surface area contributed by atoms with Crippen molar-refractivity contribution in [1.82, 2.24) is 5.32 Å². The van der Waals surface area contributed by atoms with Gasteiger partial charge in [0.2, 0.25) is 0 Å². The molecular weight excluding hydrogens is 249 g/mol. The molecule has 0 radical (unpaired) electrons. The molecular formula is C15H21ClFN. The lowest BCUT2D eigenvalue weighted by Crippen LogP contribution is -2.37. The quantitative estimate of drug-likeness (QED) is 0.794. The van der Waals surface area contributed by atoms with Gasteiger partial charge in [-0.2, -0.15) is 0 Å². The summed E-state index contributed by atoms with van der Waals surface area (Å²) in [5.41, 5.74) is 1.40. The van der Waals surface area contributed by atoms with Crippen LogP contribution in [-0.4, -0.2) is 12.4 Å². The van der Waals surface area contributed by atoms with Crippen LogP contribution in [-0.2, 0) is 6.54 Å². The van der Waals surface area contributed by atoms with Crippen molar-refractivity contribution in [2.45, 2.75) is 38.6 Å². The number of nitrogens with one attached hydrogen (secondary N) is 1. The van der Waals surface area contributed by atoms with Gasteiger partial charge in [0.15, 0.2) is 0 Å². The normalized spacial score (nSPS) is 18.8. The molecule has 0 aliphatic heterocycles. The molecule has 0 bridgehead atoms. The summed E-state index contributed by atoms with van der Waals surface area (Å²) in [7, 11) is 0. The Morgan fingerprint density at radius 1 is 1.11 bits per heavy atom. The van der Waals surface area contributed by atoms with Crippen LogP contribution in [0.25, 0.3) is 0 Å². The second-order valence-electron chi connectivity index (χ2n) is 5.42. The van der Waals surface area contributed by atoms with E-state index < -0.39 is 0 Å². The Morgan fingerprint density at radius 3 is 2.39 bits per heavy atom. The highest BCUT2D eigenvalue weighted by Crippen LogP contribution is 2.36. The smallest absolute Gasteiger partial charge is 0.123 e. The van der Waals surface area contributed by atoms with E-state index in [2.05, 4.69) is 5.32 Å². The van der Waals surface area contributed by atoms with Gasteiger partial charge in [-0.1, -0.05) is 31.4 Å². The summed E-state index contributed by atoms with van der Waals surface area (Å²) >= 11 is 6.15. The molecule has 1 aromatic rings. The number of rotatable bonds is 5. The maximum atomic E-state index is 12.8. The summed E-state index contributed by atoms with van der Waals surface area (Å²) in [6.45, 7) is 1.76. The van der Waals surface area contributed by atoms with Gasteiger partial charge in [0, 0.05) is 19.0 Å². The van der Waals surface area contributed by atoms with Crippen LogP contribution in [0, 0.1) is 11.2 Å². The van der Waals surface area contributed by atoms with Crippen molar-refractivity contribution in [1.29, 1.82) is 0 Å². The molecule has 0 heterocycles. The van der Waals surface area contributed by atoms with Crippen LogP contribution >= 0.6 is 11.6 Å². The van der Waals surface area contributed by atoms with Gasteiger partial charge in [-0.05, 0) is 36.0 Å². The van der Waals surface area contributed by atoms with Gasteiger partial charge >= 0.3 is 0 Å². The molecule has 1 aliphatic rings. The molecule has 18 heavy (non-hydrogen) atoms. The minimum absolute atomic E-state index is 0.178. The fourth-order valence-corrected chi connectivity index (χ4v) is 3.10. The van der Waals surface area contributed by atoms with E-state index >= 15 is 0 Å².